The molecule has 3 fully saturated rings. The van der Waals surface area contributed by atoms with E-state index in [9.17, 15) is 29.7 Å². The SMILES string of the molecule is CC1(C)CCCC(C)(C)N1C(C(=O)O)N(CC(=O)O)C(C(=O)O)(N1C(C)(C)CCCC1(C)C)N1C(C)(C)CCCC1(C)C. The first-order valence-electron chi connectivity index (χ1n) is 16.1. The number of carboxylic acid groups (broad SMARTS) is 3. The minimum Gasteiger partial charge on any atom is -0.480 e. The molecule has 0 bridgehead atoms. The van der Waals surface area contributed by atoms with Crippen molar-refractivity contribution in [3.8, 4) is 0 Å². The Kier molecular flexibility index (Phi) is 9.34. The molecule has 3 rings (SSSR count). The minimum atomic E-state index is -2.12. The molecule has 0 amide bonds. The zero-order valence-electron chi connectivity index (χ0n) is 29.0. The van der Waals surface area contributed by atoms with E-state index < -0.39 is 69.6 Å². The van der Waals surface area contributed by atoms with Gasteiger partial charge in [0.1, 0.15) is 6.54 Å². The van der Waals surface area contributed by atoms with Crippen LogP contribution < -0.4 is 0 Å². The van der Waals surface area contributed by atoms with E-state index in [-0.39, 0.29) is 0 Å². The Hall–Kier alpha value is -1.75. The summed E-state index contributed by atoms with van der Waals surface area (Å²) in [6, 6.07) is 0. The summed E-state index contributed by atoms with van der Waals surface area (Å²) < 4.78 is 0. The van der Waals surface area contributed by atoms with Crippen LogP contribution in [-0.4, -0.2) is 105 Å². The van der Waals surface area contributed by atoms with Crippen LogP contribution in [0.4, 0.5) is 0 Å². The molecule has 0 aromatic heterocycles. The van der Waals surface area contributed by atoms with Crippen LogP contribution in [0.5, 0.6) is 0 Å². The highest BCUT2D eigenvalue weighted by molar-refractivity contribution is 5.83. The number of hydrogen-bond donors (Lipinski definition) is 3. The third kappa shape index (κ3) is 6.10. The number of rotatable bonds is 9. The lowest BCUT2D eigenvalue weighted by atomic mass is 9.73. The molecule has 1 unspecified atom stereocenters. The second-order valence-corrected chi connectivity index (χ2v) is 17.2. The van der Waals surface area contributed by atoms with Crippen molar-refractivity contribution in [2.45, 2.75) is 186 Å². The van der Waals surface area contributed by atoms with Crippen LogP contribution in [0.15, 0.2) is 0 Å². The summed E-state index contributed by atoms with van der Waals surface area (Å²) in [5, 5.41) is 33.7. The highest BCUT2D eigenvalue weighted by Crippen LogP contribution is 2.54. The predicted molar refractivity (Wildman–Crippen MR) is 168 cm³/mol. The number of aliphatic carboxylic acids is 3. The number of nitrogens with zero attached hydrogens (tertiary/aromatic N) is 4. The fourth-order valence-electron chi connectivity index (χ4n) is 9.92. The summed E-state index contributed by atoms with van der Waals surface area (Å²) in [5.41, 5.74) is -4.06. The maximum Gasteiger partial charge on any atom is 0.355 e. The van der Waals surface area contributed by atoms with Gasteiger partial charge < -0.3 is 15.3 Å². The Labute approximate surface area is 259 Å². The molecule has 10 nitrogen and oxygen atoms in total. The summed E-state index contributed by atoms with van der Waals surface area (Å²) in [6.07, 6.45) is 5.33. The van der Waals surface area contributed by atoms with Gasteiger partial charge in [0.2, 0.25) is 5.79 Å². The van der Waals surface area contributed by atoms with Gasteiger partial charge in [-0.1, -0.05) is 0 Å². The number of hydrogen-bond acceptors (Lipinski definition) is 7. The minimum absolute atomic E-state index is 0.633. The van der Waals surface area contributed by atoms with E-state index in [1.54, 1.807) is 0 Å². The maximum atomic E-state index is 14.6. The van der Waals surface area contributed by atoms with Crippen molar-refractivity contribution in [3.05, 3.63) is 0 Å². The average Bonchev–Trinajstić information content (AvgIpc) is 2.76. The molecule has 3 heterocycles. The lowest BCUT2D eigenvalue weighted by Gasteiger charge is -2.71. The lowest BCUT2D eigenvalue weighted by Crippen LogP contribution is -2.89. The van der Waals surface area contributed by atoms with Gasteiger partial charge >= 0.3 is 17.9 Å². The van der Waals surface area contributed by atoms with Crippen molar-refractivity contribution >= 4 is 17.9 Å². The number of carbonyl (C=O) groups is 3. The summed E-state index contributed by atoms with van der Waals surface area (Å²) in [4.78, 5) is 48.5. The summed E-state index contributed by atoms with van der Waals surface area (Å²) in [6.45, 7) is 23.4. The van der Waals surface area contributed by atoms with Gasteiger partial charge in [-0.25, -0.2) is 14.5 Å². The van der Waals surface area contributed by atoms with Crippen molar-refractivity contribution < 1.29 is 29.7 Å². The van der Waals surface area contributed by atoms with Crippen LogP contribution >= 0.6 is 0 Å². The zero-order valence-corrected chi connectivity index (χ0v) is 29.0. The van der Waals surface area contributed by atoms with Gasteiger partial charge in [0, 0.05) is 33.2 Å². The first kappa shape index (κ1) is 35.7. The highest BCUT2D eigenvalue weighted by Gasteiger charge is 2.71. The van der Waals surface area contributed by atoms with Gasteiger partial charge in [-0.15, -0.1) is 0 Å². The summed E-state index contributed by atoms with van der Waals surface area (Å²) >= 11 is 0. The molecule has 0 aromatic carbocycles. The normalized spacial score (nSPS) is 27.8. The van der Waals surface area contributed by atoms with Crippen LogP contribution in [0.25, 0.3) is 0 Å². The molecule has 3 aliphatic rings. The Morgan fingerprint density at radius 1 is 0.605 bits per heavy atom. The Morgan fingerprint density at radius 2 is 0.907 bits per heavy atom. The third-order valence-electron chi connectivity index (χ3n) is 10.8. The standard InChI is InChI=1S/C33H60N4O6/c1-27(2)16-13-17-28(3,4)35(27)24(25(40)41)34(22-23(38)39)33(26(42)43,36-29(5,6)18-14-19-30(36,7)8)37-31(9,10)20-15-21-32(37,11)12/h24H,13-22H2,1-12H3,(H,38,39)(H,40,41)(H,42,43). The Balaban J connectivity index is 2.61. The van der Waals surface area contributed by atoms with E-state index in [4.69, 9.17) is 0 Å². The van der Waals surface area contributed by atoms with Crippen LogP contribution in [0, 0.1) is 0 Å². The van der Waals surface area contributed by atoms with E-state index in [1.807, 2.05) is 97.8 Å². The van der Waals surface area contributed by atoms with Crippen LogP contribution in [0.3, 0.4) is 0 Å². The van der Waals surface area contributed by atoms with Crippen molar-refractivity contribution in [1.29, 1.82) is 0 Å². The number of carboxylic acids is 3. The van der Waals surface area contributed by atoms with Crippen LogP contribution in [-0.2, 0) is 14.4 Å². The van der Waals surface area contributed by atoms with Gasteiger partial charge in [0.05, 0.1) is 0 Å². The Bertz CT molecular complexity index is 1010. The van der Waals surface area contributed by atoms with E-state index in [1.165, 1.54) is 4.90 Å². The molecule has 248 valence electrons. The molecule has 10 heteroatoms. The molecule has 0 saturated carbocycles. The van der Waals surface area contributed by atoms with E-state index >= 15 is 0 Å². The molecule has 0 radical (unpaired) electrons. The van der Waals surface area contributed by atoms with Crippen LogP contribution in [0.2, 0.25) is 0 Å². The van der Waals surface area contributed by atoms with Crippen LogP contribution in [0.1, 0.15) is 141 Å². The topological polar surface area (TPSA) is 125 Å². The number of likely N-dealkylation sites (tertiary alicyclic amines) is 3. The third-order valence-corrected chi connectivity index (χ3v) is 10.8. The Morgan fingerprint density at radius 3 is 1.16 bits per heavy atom. The molecule has 0 aliphatic carbocycles. The van der Waals surface area contributed by atoms with E-state index in [2.05, 4.69) is 0 Å². The highest BCUT2D eigenvalue weighted by atomic mass is 16.4. The van der Waals surface area contributed by atoms with Gasteiger partial charge in [-0.2, -0.15) is 0 Å². The smallest absolute Gasteiger partial charge is 0.355 e. The molecule has 3 aliphatic heterocycles. The fourth-order valence-corrected chi connectivity index (χ4v) is 9.92. The summed E-state index contributed by atoms with van der Waals surface area (Å²) in [7, 11) is 0. The van der Waals surface area contributed by atoms with Crippen molar-refractivity contribution in [2.24, 2.45) is 0 Å². The second kappa shape index (κ2) is 11.2. The first-order chi connectivity index (χ1) is 19.3. The van der Waals surface area contributed by atoms with E-state index in [0.717, 1.165) is 19.3 Å². The first-order valence-corrected chi connectivity index (χ1v) is 16.1. The number of piperidine rings is 3. The van der Waals surface area contributed by atoms with Crippen molar-refractivity contribution in [1.82, 2.24) is 19.6 Å². The molecule has 43 heavy (non-hydrogen) atoms. The quantitative estimate of drug-likeness (QED) is 0.302. The molecular formula is C33H60N4O6. The van der Waals surface area contributed by atoms with E-state index in [0.29, 0.717) is 38.5 Å². The fraction of sp³-hybridized carbons (Fsp3) is 0.909. The zero-order chi connectivity index (χ0) is 33.2. The van der Waals surface area contributed by atoms with Crippen molar-refractivity contribution in [2.75, 3.05) is 6.54 Å². The predicted octanol–water partition coefficient (Wildman–Crippen LogP) is 5.65. The van der Waals surface area contributed by atoms with Gasteiger partial charge in [-0.05, 0) is 141 Å². The molecule has 3 saturated heterocycles. The summed E-state index contributed by atoms with van der Waals surface area (Å²) in [5.74, 6) is -5.86. The molecule has 1 atom stereocenters. The average molecular weight is 609 g/mol. The van der Waals surface area contributed by atoms with Gasteiger partial charge in [0.15, 0.2) is 6.17 Å². The molecule has 0 aromatic rings. The molecular weight excluding hydrogens is 548 g/mol. The van der Waals surface area contributed by atoms with Gasteiger partial charge in [-0.3, -0.25) is 19.5 Å². The second-order valence-electron chi connectivity index (χ2n) is 17.2. The monoisotopic (exact) mass is 608 g/mol. The maximum absolute atomic E-state index is 14.6. The largest absolute Gasteiger partial charge is 0.480 e. The van der Waals surface area contributed by atoms with Crippen molar-refractivity contribution in [3.63, 3.8) is 0 Å². The van der Waals surface area contributed by atoms with Gasteiger partial charge in [0.25, 0.3) is 0 Å². The molecule has 0 spiro atoms. The lowest BCUT2D eigenvalue weighted by molar-refractivity contribution is -0.310. The molecule has 3 N–H and O–H groups in total.